The van der Waals surface area contributed by atoms with E-state index < -0.39 is 41.6 Å². The minimum atomic E-state index is -1.09. The van der Waals surface area contributed by atoms with Gasteiger partial charge in [0.05, 0.1) is 64.2 Å². The molecule has 0 unspecified atom stereocenters. The minimum absolute atomic E-state index is 0.0941. The number of carbonyl (C=O) groups is 3. The molecular weight excluding hydrogens is 935 g/mol. The molecule has 4 aromatic rings. The summed E-state index contributed by atoms with van der Waals surface area (Å²) < 4.78 is 60.3. The minimum Gasteiger partial charge on any atom is -0.494 e. The molecule has 6 heterocycles. The van der Waals surface area contributed by atoms with Crippen LogP contribution in [-0.2, 0) is 46.5 Å². The Balaban J connectivity index is 0.000000211. The maximum Gasteiger partial charge on any atom is 0.270 e. The van der Waals surface area contributed by atoms with E-state index in [9.17, 15) is 28.3 Å². The Kier molecular flexibility index (Phi) is 17.8. The molecule has 0 aliphatic carbocycles. The van der Waals surface area contributed by atoms with Gasteiger partial charge in [-0.1, -0.05) is 22.4 Å². The summed E-state index contributed by atoms with van der Waals surface area (Å²) in [5.74, 6) is -1.22. The molecule has 0 saturated carbocycles. The van der Waals surface area contributed by atoms with Crippen molar-refractivity contribution in [3.63, 3.8) is 0 Å². The van der Waals surface area contributed by atoms with Crippen LogP contribution in [0.2, 0.25) is 0 Å². The van der Waals surface area contributed by atoms with Gasteiger partial charge in [0.15, 0.2) is 35.3 Å². The number of halogens is 2. The molecule has 4 aliphatic heterocycles. The average Bonchev–Trinajstić information content (AvgIpc) is 4.09. The fourth-order valence-electron chi connectivity index (χ4n) is 7.49. The standard InChI is InChI=1S/C25H30FN5O7.C22H26FN5O5/c1-13(32)24(33)28-10-16-11-37-23(12-36-16)22-8-19(31-38-22)18-7-20(30-14(2)29-18)25(34)27-9-15-4-5-17(26)21(6-15)35-3;1-12-26-16(17-7-20(33-28-17)21-11-31-14(8-24)10-32-21)6-18(27-12)22(29)25-9-13-3-4-15(23)19(5-13)30-2/h4-7,13,16,22-23,32H,8-12H2,1-3H3,(H,27,34)(H,28,33);3-6,14,20-21H,7-11,24H2,1-2H3,(H,25,29)/t13-,16+,22-,23+;14-,20+,21-/m01/s1. The highest BCUT2D eigenvalue weighted by Crippen LogP contribution is 2.26. The van der Waals surface area contributed by atoms with Gasteiger partial charge in [0.25, 0.3) is 11.8 Å². The van der Waals surface area contributed by atoms with Crippen molar-refractivity contribution >= 4 is 29.1 Å². The van der Waals surface area contributed by atoms with Crippen LogP contribution >= 0.6 is 0 Å². The molecule has 2 aromatic carbocycles. The van der Waals surface area contributed by atoms with Crippen LogP contribution in [0.4, 0.5) is 8.78 Å². The van der Waals surface area contributed by atoms with Crippen molar-refractivity contribution in [2.24, 2.45) is 16.0 Å². The number of hydrogen-bond donors (Lipinski definition) is 5. The fraction of sp³-hybridized carbons (Fsp3) is 0.468. The van der Waals surface area contributed by atoms with E-state index in [2.05, 4.69) is 46.2 Å². The molecular formula is C47H56F2N10O12. The number of amides is 3. The van der Waals surface area contributed by atoms with E-state index >= 15 is 0 Å². The van der Waals surface area contributed by atoms with Crippen LogP contribution < -0.4 is 31.2 Å². The molecule has 2 fully saturated rings. The lowest BCUT2D eigenvalue weighted by Crippen LogP contribution is -2.47. The van der Waals surface area contributed by atoms with Crippen molar-refractivity contribution in [3.8, 4) is 11.5 Å². The summed E-state index contributed by atoms with van der Waals surface area (Å²) in [6.45, 7) is 7.00. The smallest absolute Gasteiger partial charge is 0.270 e. The third kappa shape index (κ3) is 13.9. The fourth-order valence-corrected chi connectivity index (χ4v) is 7.49. The van der Waals surface area contributed by atoms with Gasteiger partial charge >= 0.3 is 0 Å². The number of nitrogens with zero attached hydrogens (tertiary/aromatic N) is 6. The number of rotatable bonds is 16. The van der Waals surface area contributed by atoms with E-state index in [-0.39, 0.29) is 86.3 Å². The van der Waals surface area contributed by atoms with Crippen molar-refractivity contribution < 1.29 is 66.4 Å². The second kappa shape index (κ2) is 24.3. The van der Waals surface area contributed by atoms with Gasteiger partial charge in [0.1, 0.15) is 52.8 Å². The summed E-state index contributed by atoms with van der Waals surface area (Å²) in [5, 5.41) is 25.7. The number of aliphatic hydroxyl groups excluding tert-OH is 1. The van der Waals surface area contributed by atoms with Gasteiger partial charge in [-0.2, -0.15) is 0 Å². The SMILES string of the molecule is COc1cc(CNC(=O)c2cc(C3=NO[C@H]([C@H]4CO[C@H](CN)CO4)C3)nc(C)n2)ccc1F.COc1cc(CNC(=O)c2cc(C3=NO[C@H]([C@H]4CO[C@H](CNC(=O)[C@H](C)O)CO4)C3)nc(C)n2)ccc1F. The molecule has 22 nitrogen and oxygen atoms in total. The number of ether oxygens (including phenoxy) is 6. The summed E-state index contributed by atoms with van der Waals surface area (Å²) in [6, 6.07) is 11.9. The Labute approximate surface area is 407 Å². The molecule has 24 heteroatoms. The average molecular weight is 991 g/mol. The van der Waals surface area contributed by atoms with Crippen molar-refractivity contribution in [2.75, 3.05) is 53.7 Å². The van der Waals surface area contributed by atoms with Gasteiger partial charge in [0.2, 0.25) is 5.91 Å². The lowest BCUT2D eigenvalue weighted by Gasteiger charge is -2.31. The van der Waals surface area contributed by atoms with Crippen molar-refractivity contribution in [1.82, 2.24) is 35.9 Å². The first kappa shape index (κ1) is 52.0. The summed E-state index contributed by atoms with van der Waals surface area (Å²) in [7, 11) is 2.76. The number of aryl methyl sites for hydroxylation is 2. The zero-order valence-corrected chi connectivity index (χ0v) is 39.7. The maximum atomic E-state index is 13.6. The number of methoxy groups -OCH3 is 2. The Morgan fingerprint density at radius 2 is 1.14 bits per heavy atom. The predicted molar refractivity (Wildman–Crippen MR) is 247 cm³/mol. The van der Waals surface area contributed by atoms with Gasteiger partial charge in [-0.3, -0.25) is 14.4 Å². The number of benzene rings is 2. The molecule has 2 aromatic heterocycles. The highest BCUT2D eigenvalue weighted by Gasteiger charge is 2.37. The van der Waals surface area contributed by atoms with E-state index in [4.69, 9.17) is 43.8 Å². The normalized spacial score (nSPS) is 22.0. The number of aliphatic hydroxyl groups is 1. The van der Waals surface area contributed by atoms with E-state index in [1.54, 1.807) is 32.0 Å². The Bertz CT molecular complexity index is 2590. The van der Waals surface area contributed by atoms with Crippen LogP contribution in [0.15, 0.2) is 58.8 Å². The topological polar surface area (TPSA) is 284 Å². The van der Waals surface area contributed by atoms with Crippen LogP contribution in [0, 0.1) is 25.5 Å². The number of nitrogens with two attached hydrogens (primary N) is 1. The lowest BCUT2D eigenvalue weighted by atomic mass is 10.0. The molecule has 71 heavy (non-hydrogen) atoms. The summed E-state index contributed by atoms with van der Waals surface area (Å²) in [6.07, 6.45) is -2.02. The number of oxime groups is 2. The molecule has 6 N–H and O–H groups in total. The molecule has 0 spiro atoms. The van der Waals surface area contributed by atoms with Gasteiger partial charge in [-0.25, -0.2) is 28.7 Å². The van der Waals surface area contributed by atoms with Crippen LogP contribution in [0.1, 0.15) is 74.9 Å². The van der Waals surface area contributed by atoms with Crippen LogP contribution in [0.3, 0.4) is 0 Å². The quantitative estimate of drug-likeness (QED) is 0.107. The lowest BCUT2D eigenvalue weighted by molar-refractivity contribution is -0.170. The largest absolute Gasteiger partial charge is 0.494 e. The first-order valence-corrected chi connectivity index (χ1v) is 22.7. The monoisotopic (exact) mass is 990 g/mol. The van der Waals surface area contributed by atoms with E-state index in [1.807, 2.05) is 0 Å². The molecule has 8 rings (SSSR count). The molecule has 0 radical (unpaired) electrons. The molecule has 4 aliphatic rings. The third-order valence-electron chi connectivity index (χ3n) is 11.4. The Morgan fingerprint density at radius 1 is 0.676 bits per heavy atom. The first-order valence-electron chi connectivity index (χ1n) is 22.7. The molecule has 7 atom stereocenters. The molecule has 380 valence electrons. The van der Waals surface area contributed by atoms with E-state index in [1.165, 1.54) is 51.5 Å². The summed E-state index contributed by atoms with van der Waals surface area (Å²) >= 11 is 0. The van der Waals surface area contributed by atoms with Gasteiger partial charge in [-0.05, 0) is 68.3 Å². The van der Waals surface area contributed by atoms with Crippen molar-refractivity contribution in [3.05, 3.63) is 106 Å². The highest BCUT2D eigenvalue weighted by molar-refractivity contribution is 6.02. The Hall–Kier alpha value is -6.83. The van der Waals surface area contributed by atoms with Crippen LogP contribution in [0.25, 0.3) is 0 Å². The van der Waals surface area contributed by atoms with E-state index in [0.29, 0.717) is 78.2 Å². The maximum absolute atomic E-state index is 13.6. The number of nitrogens with one attached hydrogen (secondary N) is 3. The Morgan fingerprint density at radius 3 is 1.55 bits per heavy atom. The molecule has 2 saturated heterocycles. The number of aromatic nitrogens is 4. The van der Waals surface area contributed by atoms with E-state index in [0.717, 1.165) is 0 Å². The summed E-state index contributed by atoms with van der Waals surface area (Å²) in [4.78, 5) is 65.4. The first-order chi connectivity index (χ1) is 34.2. The second-order valence-corrected chi connectivity index (χ2v) is 16.8. The zero-order valence-electron chi connectivity index (χ0n) is 39.7. The highest BCUT2D eigenvalue weighted by atomic mass is 19.1. The van der Waals surface area contributed by atoms with Crippen LogP contribution in [0.5, 0.6) is 11.5 Å². The zero-order chi connectivity index (χ0) is 50.6. The second-order valence-electron chi connectivity index (χ2n) is 16.8. The number of hydrogen-bond acceptors (Lipinski definition) is 19. The number of carbonyl (C=O) groups excluding carboxylic acids is 3. The predicted octanol–water partition coefficient (Wildman–Crippen LogP) is 1.74. The van der Waals surface area contributed by atoms with Gasteiger partial charge < -0.3 is 64.9 Å². The molecule has 3 amide bonds. The summed E-state index contributed by atoms with van der Waals surface area (Å²) in [5.41, 5.74) is 9.44. The third-order valence-corrected chi connectivity index (χ3v) is 11.4. The molecule has 0 bridgehead atoms. The van der Waals surface area contributed by atoms with Crippen molar-refractivity contribution in [1.29, 1.82) is 0 Å². The van der Waals surface area contributed by atoms with Crippen molar-refractivity contribution in [2.45, 2.75) is 89.4 Å². The van der Waals surface area contributed by atoms with Gasteiger partial charge in [-0.15, -0.1) is 0 Å². The van der Waals surface area contributed by atoms with Crippen LogP contribution in [-0.4, -0.2) is 151 Å². The van der Waals surface area contributed by atoms with Gasteiger partial charge in [0, 0.05) is 39.0 Å².